The standard InChI is InChI=1S/C28H36N4O3/c33-26(30-24-14-12-22(13-15-24)27(34)31-16-5-1-2-6-17-31)21-29-25-11-9-10-23(20-25)28(35)32-18-7-3-4-8-19-32/h9-15,20,29H,1-8,16-19,21H2,(H,30,33). The molecular formula is C28H36N4O3. The molecule has 0 saturated carbocycles. The molecule has 0 bridgehead atoms. The molecule has 2 heterocycles. The zero-order valence-corrected chi connectivity index (χ0v) is 20.4. The van der Waals surface area contributed by atoms with Crippen molar-refractivity contribution in [2.24, 2.45) is 0 Å². The lowest BCUT2D eigenvalue weighted by Gasteiger charge is -2.20. The van der Waals surface area contributed by atoms with Gasteiger partial charge in [0.15, 0.2) is 0 Å². The molecule has 7 nitrogen and oxygen atoms in total. The van der Waals surface area contributed by atoms with Gasteiger partial charge in [-0.05, 0) is 68.1 Å². The number of hydrogen-bond acceptors (Lipinski definition) is 4. The fraction of sp³-hybridized carbons (Fsp3) is 0.464. The number of amides is 3. The summed E-state index contributed by atoms with van der Waals surface area (Å²) in [4.78, 5) is 41.9. The van der Waals surface area contributed by atoms with E-state index in [1.165, 1.54) is 25.7 Å². The van der Waals surface area contributed by atoms with Crippen molar-refractivity contribution in [2.45, 2.75) is 51.4 Å². The Hall–Kier alpha value is -3.35. The number of rotatable bonds is 6. The number of nitrogens with one attached hydrogen (secondary N) is 2. The predicted octanol–water partition coefficient (Wildman–Crippen LogP) is 4.77. The summed E-state index contributed by atoms with van der Waals surface area (Å²) >= 11 is 0. The highest BCUT2D eigenvalue weighted by molar-refractivity contribution is 5.97. The number of nitrogens with zero attached hydrogens (tertiary/aromatic N) is 2. The van der Waals surface area contributed by atoms with Crippen LogP contribution < -0.4 is 10.6 Å². The van der Waals surface area contributed by atoms with E-state index in [-0.39, 0.29) is 24.3 Å². The number of carbonyl (C=O) groups excluding carboxylic acids is 3. The highest BCUT2D eigenvalue weighted by Gasteiger charge is 2.18. The third kappa shape index (κ3) is 7.07. The number of benzene rings is 2. The highest BCUT2D eigenvalue weighted by Crippen LogP contribution is 2.18. The van der Waals surface area contributed by atoms with Gasteiger partial charge in [-0.25, -0.2) is 0 Å². The average Bonchev–Trinajstić information content (AvgIpc) is 3.33. The van der Waals surface area contributed by atoms with Crippen molar-refractivity contribution in [3.05, 3.63) is 59.7 Å². The average molecular weight is 477 g/mol. The zero-order chi connectivity index (χ0) is 24.5. The van der Waals surface area contributed by atoms with Gasteiger partial charge in [0, 0.05) is 48.7 Å². The second-order valence-electron chi connectivity index (χ2n) is 9.47. The van der Waals surface area contributed by atoms with E-state index in [4.69, 9.17) is 0 Å². The Morgan fingerprint density at radius 3 is 1.74 bits per heavy atom. The Kier molecular flexibility index (Phi) is 8.76. The molecule has 0 atom stereocenters. The van der Waals surface area contributed by atoms with Gasteiger partial charge in [0.05, 0.1) is 6.54 Å². The smallest absolute Gasteiger partial charge is 0.253 e. The van der Waals surface area contributed by atoms with E-state index in [1.54, 1.807) is 24.3 Å². The first-order valence-electron chi connectivity index (χ1n) is 12.9. The number of carbonyl (C=O) groups is 3. The second kappa shape index (κ2) is 12.4. The molecule has 2 aromatic rings. The van der Waals surface area contributed by atoms with Gasteiger partial charge in [-0.3, -0.25) is 14.4 Å². The molecule has 4 rings (SSSR count). The zero-order valence-electron chi connectivity index (χ0n) is 20.4. The number of likely N-dealkylation sites (tertiary alicyclic amines) is 2. The Bertz CT molecular complexity index is 1010. The van der Waals surface area contributed by atoms with Crippen LogP contribution in [0.25, 0.3) is 0 Å². The third-order valence-electron chi connectivity index (χ3n) is 6.76. The van der Waals surface area contributed by atoms with Gasteiger partial charge >= 0.3 is 0 Å². The van der Waals surface area contributed by atoms with Crippen LogP contribution in [0.3, 0.4) is 0 Å². The van der Waals surface area contributed by atoms with E-state index in [9.17, 15) is 14.4 Å². The maximum atomic E-state index is 12.9. The molecule has 0 unspecified atom stereocenters. The normalized spacial score (nSPS) is 16.7. The SMILES string of the molecule is O=C(CNc1cccc(C(=O)N2CCCCCC2)c1)Nc1ccc(C(=O)N2CCCCCC2)cc1. The second-order valence-corrected chi connectivity index (χ2v) is 9.47. The summed E-state index contributed by atoms with van der Waals surface area (Å²) in [5.41, 5.74) is 2.67. The van der Waals surface area contributed by atoms with Gasteiger partial charge in [0.25, 0.3) is 11.8 Å². The van der Waals surface area contributed by atoms with Crippen molar-refractivity contribution >= 4 is 29.1 Å². The lowest BCUT2D eigenvalue weighted by Crippen LogP contribution is -2.31. The molecule has 2 saturated heterocycles. The summed E-state index contributed by atoms with van der Waals surface area (Å²) in [6.45, 7) is 3.32. The molecule has 2 aliphatic rings. The van der Waals surface area contributed by atoms with Crippen molar-refractivity contribution in [1.29, 1.82) is 0 Å². The molecular weight excluding hydrogens is 440 g/mol. The maximum Gasteiger partial charge on any atom is 0.253 e. The third-order valence-corrected chi connectivity index (χ3v) is 6.76. The largest absolute Gasteiger partial charge is 0.376 e. The summed E-state index contributed by atoms with van der Waals surface area (Å²) in [7, 11) is 0. The van der Waals surface area contributed by atoms with Gasteiger partial charge in [0.1, 0.15) is 0 Å². The maximum absolute atomic E-state index is 12.9. The van der Waals surface area contributed by atoms with Crippen LogP contribution >= 0.6 is 0 Å². The van der Waals surface area contributed by atoms with Crippen molar-refractivity contribution in [1.82, 2.24) is 9.80 Å². The monoisotopic (exact) mass is 476 g/mol. The summed E-state index contributed by atoms with van der Waals surface area (Å²) in [5, 5.41) is 5.97. The van der Waals surface area contributed by atoms with E-state index in [1.807, 2.05) is 34.1 Å². The van der Waals surface area contributed by atoms with E-state index in [0.717, 1.165) is 57.5 Å². The Balaban J connectivity index is 1.28. The van der Waals surface area contributed by atoms with Crippen LogP contribution in [0.1, 0.15) is 72.1 Å². The minimum Gasteiger partial charge on any atom is -0.376 e. The fourth-order valence-corrected chi connectivity index (χ4v) is 4.76. The fourth-order valence-electron chi connectivity index (χ4n) is 4.76. The molecule has 2 aliphatic heterocycles. The van der Waals surface area contributed by atoms with Crippen LogP contribution in [-0.4, -0.2) is 60.2 Å². The first kappa shape index (κ1) is 24.8. The predicted molar refractivity (Wildman–Crippen MR) is 139 cm³/mol. The minimum absolute atomic E-state index is 0.0508. The van der Waals surface area contributed by atoms with Crippen LogP contribution in [-0.2, 0) is 4.79 Å². The van der Waals surface area contributed by atoms with Gasteiger partial charge in [-0.15, -0.1) is 0 Å². The molecule has 0 aliphatic carbocycles. The Morgan fingerprint density at radius 2 is 1.17 bits per heavy atom. The first-order valence-corrected chi connectivity index (χ1v) is 12.9. The van der Waals surface area contributed by atoms with Gasteiger partial charge in [-0.1, -0.05) is 31.7 Å². The summed E-state index contributed by atoms with van der Waals surface area (Å²) < 4.78 is 0. The van der Waals surface area contributed by atoms with E-state index >= 15 is 0 Å². The summed E-state index contributed by atoms with van der Waals surface area (Å²) in [5.74, 6) is -0.0864. The molecule has 7 heteroatoms. The van der Waals surface area contributed by atoms with Crippen molar-refractivity contribution < 1.29 is 14.4 Å². The first-order chi connectivity index (χ1) is 17.1. The molecule has 2 N–H and O–H groups in total. The van der Waals surface area contributed by atoms with Crippen molar-refractivity contribution in [3.63, 3.8) is 0 Å². The quantitative estimate of drug-likeness (QED) is 0.629. The summed E-state index contributed by atoms with van der Waals surface area (Å²) in [6.07, 6.45) is 8.94. The molecule has 3 amide bonds. The topological polar surface area (TPSA) is 81.8 Å². The van der Waals surface area contributed by atoms with Gasteiger partial charge in [0.2, 0.25) is 5.91 Å². The van der Waals surface area contributed by atoms with Crippen LogP contribution in [0.5, 0.6) is 0 Å². The van der Waals surface area contributed by atoms with Crippen molar-refractivity contribution in [2.75, 3.05) is 43.4 Å². The molecule has 0 aromatic heterocycles. The highest BCUT2D eigenvalue weighted by atomic mass is 16.2. The Labute approximate surface area is 207 Å². The van der Waals surface area contributed by atoms with Gasteiger partial charge in [-0.2, -0.15) is 0 Å². The van der Waals surface area contributed by atoms with Crippen LogP contribution in [0.2, 0.25) is 0 Å². The van der Waals surface area contributed by atoms with Crippen LogP contribution in [0.4, 0.5) is 11.4 Å². The number of hydrogen-bond donors (Lipinski definition) is 2. The molecule has 2 aromatic carbocycles. The minimum atomic E-state index is -0.194. The van der Waals surface area contributed by atoms with E-state index in [2.05, 4.69) is 10.6 Å². The molecule has 2 fully saturated rings. The van der Waals surface area contributed by atoms with Gasteiger partial charge < -0.3 is 20.4 Å². The molecule has 35 heavy (non-hydrogen) atoms. The van der Waals surface area contributed by atoms with Crippen LogP contribution in [0, 0.1) is 0 Å². The molecule has 0 spiro atoms. The van der Waals surface area contributed by atoms with E-state index < -0.39 is 0 Å². The van der Waals surface area contributed by atoms with Crippen LogP contribution in [0.15, 0.2) is 48.5 Å². The van der Waals surface area contributed by atoms with E-state index in [0.29, 0.717) is 16.8 Å². The summed E-state index contributed by atoms with van der Waals surface area (Å²) in [6, 6.07) is 14.4. The molecule has 0 radical (unpaired) electrons. The van der Waals surface area contributed by atoms with Crippen molar-refractivity contribution in [3.8, 4) is 0 Å². The lowest BCUT2D eigenvalue weighted by molar-refractivity contribution is -0.114. The number of anilines is 2. The molecule has 186 valence electrons. The lowest BCUT2D eigenvalue weighted by atomic mass is 10.1. The Morgan fingerprint density at radius 1 is 0.629 bits per heavy atom.